The second-order valence-corrected chi connectivity index (χ2v) is 4.93. The molecule has 102 valence electrons. The normalized spacial score (nSPS) is 12.6. The van der Waals surface area contributed by atoms with Crippen molar-refractivity contribution >= 4 is 11.6 Å². The van der Waals surface area contributed by atoms with Crippen LogP contribution in [0, 0.1) is 0 Å². The number of nitrogens with zero attached hydrogens (tertiary/aromatic N) is 2. The van der Waals surface area contributed by atoms with Gasteiger partial charge in [-0.1, -0.05) is 23.7 Å². The van der Waals surface area contributed by atoms with Gasteiger partial charge >= 0.3 is 0 Å². The topological polar surface area (TPSA) is 50.1 Å². The largest absolute Gasteiger partial charge is 0.394 e. The average molecular weight is 280 g/mol. The standard InChI is InChI=1S/C14H18ClN3O/c1-11(13-2-4-14(15)5-3-13)16-8-12-9-17-18(10-12)6-7-19/h2-5,9-11,16,19H,6-8H2,1H3. The summed E-state index contributed by atoms with van der Waals surface area (Å²) in [5, 5.41) is 17.2. The Balaban J connectivity index is 1.88. The fraction of sp³-hybridized carbons (Fsp3) is 0.357. The van der Waals surface area contributed by atoms with E-state index in [0.717, 1.165) is 17.1 Å². The smallest absolute Gasteiger partial charge is 0.0640 e. The molecule has 0 saturated carbocycles. The predicted molar refractivity (Wildman–Crippen MR) is 76.0 cm³/mol. The second kappa shape index (κ2) is 6.70. The van der Waals surface area contributed by atoms with Crippen LogP contribution < -0.4 is 5.32 Å². The summed E-state index contributed by atoms with van der Waals surface area (Å²) in [4.78, 5) is 0. The Morgan fingerprint density at radius 1 is 1.37 bits per heavy atom. The van der Waals surface area contributed by atoms with Gasteiger partial charge in [-0.05, 0) is 24.6 Å². The summed E-state index contributed by atoms with van der Waals surface area (Å²) >= 11 is 5.87. The van der Waals surface area contributed by atoms with E-state index in [9.17, 15) is 0 Å². The fourth-order valence-electron chi connectivity index (χ4n) is 1.86. The Bertz CT molecular complexity index is 510. The van der Waals surface area contributed by atoms with E-state index in [4.69, 9.17) is 16.7 Å². The molecule has 1 aromatic carbocycles. The first-order valence-electron chi connectivity index (χ1n) is 6.30. The third-order valence-corrected chi connectivity index (χ3v) is 3.25. The van der Waals surface area contributed by atoms with Crippen molar-refractivity contribution in [3.05, 3.63) is 52.8 Å². The molecule has 2 rings (SSSR count). The first-order valence-corrected chi connectivity index (χ1v) is 6.68. The molecule has 0 aliphatic carbocycles. The van der Waals surface area contributed by atoms with Crippen LogP contribution in [0.2, 0.25) is 5.02 Å². The van der Waals surface area contributed by atoms with Crippen LogP contribution in [0.5, 0.6) is 0 Å². The van der Waals surface area contributed by atoms with Crippen LogP contribution in [0.25, 0.3) is 0 Å². The van der Waals surface area contributed by atoms with Crippen molar-refractivity contribution in [3.63, 3.8) is 0 Å². The van der Waals surface area contributed by atoms with Gasteiger partial charge in [0.05, 0.1) is 19.3 Å². The van der Waals surface area contributed by atoms with E-state index < -0.39 is 0 Å². The Morgan fingerprint density at radius 2 is 2.11 bits per heavy atom. The molecule has 0 radical (unpaired) electrons. The molecule has 0 fully saturated rings. The van der Waals surface area contributed by atoms with E-state index in [1.54, 1.807) is 4.68 Å². The molecule has 0 amide bonds. The molecular weight excluding hydrogens is 262 g/mol. The van der Waals surface area contributed by atoms with Crippen molar-refractivity contribution < 1.29 is 5.11 Å². The van der Waals surface area contributed by atoms with E-state index in [0.29, 0.717) is 6.54 Å². The number of rotatable bonds is 6. The van der Waals surface area contributed by atoms with Crippen molar-refractivity contribution in [2.45, 2.75) is 26.1 Å². The molecule has 0 bridgehead atoms. The minimum Gasteiger partial charge on any atom is -0.394 e. The van der Waals surface area contributed by atoms with Gasteiger partial charge in [0.15, 0.2) is 0 Å². The lowest BCUT2D eigenvalue weighted by atomic mass is 10.1. The van der Waals surface area contributed by atoms with Gasteiger partial charge in [0.25, 0.3) is 0 Å². The number of aromatic nitrogens is 2. The van der Waals surface area contributed by atoms with Gasteiger partial charge in [0.1, 0.15) is 0 Å². The van der Waals surface area contributed by atoms with E-state index in [1.165, 1.54) is 5.56 Å². The van der Waals surface area contributed by atoms with Crippen LogP contribution >= 0.6 is 11.6 Å². The highest BCUT2D eigenvalue weighted by Gasteiger charge is 2.05. The molecule has 2 N–H and O–H groups in total. The maximum absolute atomic E-state index is 8.83. The number of nitrogens with one attached hydrogen (secondary N) is 1. The van der Waals surface area contributed by atoms with Crippen molar-refractivity contribution in [2.75, 3.05) is 6.61 Å². The van der Waals surface area contributed by atoms with Gasteiger partial charge in [-0.3, -0.25) is 4.68 Å². The van der Waals surface area contributed by atoms with Crippen molar-refractivity contribution in [1.82, 2.24) is 15.1 Å². The van der Waals surface area contributed by atoms with Crippen LogP contribution in [0.4, 0.5) is 0 Å². The monoisotopic (exact) mass is 279 g/mol. The number of halogens is 1. The molecule has 5 heteroatoms. The zero-order valence-electron chi connectivity index (χ0n) is 10.9. The van der Waals surface area contributed by atoms with Gasteiger partial charge in [-0.15, -0.1) is 0 Å². The minimum atomic E-state index is 0.107. The Morgan fingerprint density at radius 3 is 2.79 bits per heavy atom. The van der Waals surface area contributed by atoms with Gasteiger partial charge in [-0.2, -0.15) is 5.10 Å². The van der Waals surface area contributed by atoms with Gasteiger partial charge in [0.2, 0.25) is 0 Å². The summed E-state index contributed by atoms with van der Waals surface area (Å²) < 4.78 is 1.74. The molecule has 0 aliphatic rings. The van der Waals surface area contributed by atoms with Crippen molar-refractivity contribution in [1.29, 1.82) is 0 Å². The summed E-state index contributed by atoms with van der Waals surface area (Å²) in [6, 6.07) is 8.09. The molecule has 1 aromatic heterocycles. The summed E-state index contributed by atoms with van der Waals surface area (Å²) in [5.74, 6) is 0. The molecule has 19 heavy (non-hydrogen) atoms. The number of hydrogen-bond donors (Lipinski definition) is 2. The maximum Gasteiger partial charge on any atom is 0.0640 e. The highest BCUT2D eigenvalue weighted by molar-refractivity contribution is 6.30. The highest BCUT2D eigenvalue weighted by Crippen LogP contribution is 2.16. The molecule has 2 aromatic rings. The SMILES string of the molecule is CC(NCc1cnn(CCO)c1)c1ccc(Cl)cc1. The van der Waals surface area contributed by atoms with E-state index in [1.807, 2.05) is 36.7 Å². The quantitative estimate of drug-likeness (QED) is 0.854. The van der Waals surface area contributed by atoms with E-state index in [2.05, 4.69) is 17.3 Å². The molecule has 1 heterocycles. The third-order valence-electron chi connectivity index (χ3n) is 3.00. The average Bonchev–Trinajstić information content (AvgIpc) is 2.85. The summed E-state index contributed by atoms with van der Waals surface area (Å²) in [7, 11) is 0. The number of aliphatic hydroxyl groups is 1. The number of hydrogen-bond acceptors (Lipinski definition) is 3. The molecule has 1 unspecified atom stereocenters. The highest BCUT2D eigenvalue weighted by atomic mass is 35.5. The molecule has 1 atom stereocenters. The lowest BCUT2D eigenvalue weighted by Gasteiger charge is -2.13. The summed E-state index contributed by atoms with van der Waals surface area (Å²) in [6.07, 6.45) is 3.76. The lowest BCUT2D eigenvalue weighted by molar-refractivity contribution is 0.269. The minimum absolute atomic E-state index is 0.107. The van der Waals surface area contributed by atoms with Crippen LogP contribution in [0.15, 0.2) is 36.7 Å². The van der Waals surface area contributed by atoms with Crippen LogP contribution in [-0.4, -0.2) is 21.5 Å². The molecule has 0 spiro atoms. The Labute approximate surface area is 118 Å². The molecular formula is C14H18ClN3O. The van der Waals surface area contributed by atoms with E-state index >= 15 is 0 Å². The molecule has 0 aliphatic heterocycles. The predicted octanol–water partition coefficient (Wildman–Crippen LogP) is 2.38. The molecule has 4 nitrogen and oxygen atoms in total. The summed E-state index contributed by atoms with van der Waals surface area (Å²) in [6.45, 7) is 3.50. The van der Waals surface area contributed by atoms with Gasteiger partial charge in [0, 0.05) is 29.4 Å². The Kier molecular flexibility index (Phi) is 4.96. The van der Waals surface area contributed by atoms with Crippen molar-refractivity contribution in [3.8, 4) is 0 Å². The zero-order valence-corrected chi connectivity index (χ0v) is 11.6. The first-order chi connectivity index (χ1) is 9.19. The van der Waals surface area contributed by atoms with Gasteiger partial charge in [-0.25, -0.2) is 0 Å². The van der Waals surface area contributed by atoms with Crippen molar-refractivity contribution in [2.24, 2.45) is 0 Å². The maximum atomic E-state index is 8.83. The lowest BCUT2D eigenvalue weighted by Crippen LogP contribution is -2.17. The molecule has 0 saturated heterocycles. The first kappa shape index (κ1) is 14.1. The number of aliphatic hydroxyl groups excluding tert-OH is 1. The second-order valence-electron chi connectivity index (χ2n) is 4.49. The van der Waals surface area contributed by atoms with Crippen LogP contribution in [0.3, 0.4) is 0 Å². The van der Waals surface area contributed by atoms with E-state index in [-0.39, 0.29) is 12.6 Å². The Hall–Kier alpha value is -1.36. The fourth-order valence-corrected chi connectivity index (χ4v) is 1.99. The van der Waals surface area contributed by atoms with Crippen LogP contribution in [0.1, 0.15) is 24.1 Å². The number of benzene rings is 1. The summed E-state index contributed by atoms with van der Waals surface area (Å²) in [5.41, 5.74) is 2.31. The van der Waals surface area contributed by atoms with Crippen LogP contribution in [-0.2, 0) is 13.1 Å². The van der Waals surface area contributed by atoms with Gasteiger partial charge < -0.3 is 10.4 Å². The third kappa shape index (κ3) is 4.06. The zero-order chi connectivity index (χ0) is 13.7.